The summed E-state index contributed by atoms with van der Waals surface area (Å²) in [5, 5.41) is 14.6. The lowest BCUT2D eigenvalue weighted by molar-refractivity contribution is -0.402. The fourth-order valence-electron chi connectivity index (χ4n) is 1.55. The van der Waals surface area contributed by atoms with Gasteiger partial charge in [-0.15, -0.1) is 0 Å². The average molecular weight is 263 g/mol. The van der Waals surface area contributed by atoms with Crippen molar-refractivity contribution in [1.29, 1.82) is 0 Å². The highest BCUT2D eigenvalue weighted by atomic mass is 16.6. The van der Waals surface area contributed by atoms with Gasteiger partial charge < -0.3 is 15.1 Å². The van der Waals surface area contributed by atoms with Gasteiger partial charge in [0.2, 0.25) is 0 Å². The van der Waals surface area contributed by atoms with Crippen LogP contribution < -0.4 is 11.2 Å². The Labute approximate surface area is 109 Å². The summed E-state index contributed by atoms with van der Waals surface area (Å²) in [6, 6.07) is 2.72. The van der Waals surface area contributed by atoms with Gasteiger partial charge in [-0.3, -0.25) is 15.5 Å². The number of hydrazone groups is 1. The van der Waals surface area contributed by atoms with Crippen LogP contribution in [0.2, 0.25) is 0 Å². The summed E-state index contributed by atoms with van der Waals surface area (Å²) in [5.41, 5.74) is 10.1. The molecule has 0 saturated heterocycles. The SMILES string of the molecule is CN(C)C=C1C=C(N)C(c2ccc([N+](=O)[O-])o2)=NN1. The quantitative estimate of drug-likeness (QED) is 0.614. The number of nitro groups is 1. The number of nitrogens with one attached hydrogen (secondary N) is 1. The third-order valence-electron chi connectivity index (χ3n) is 2.28. The van der Waals surface area contributed by atoms with Crippen molar-refractivity contribution in [3.8, 4) is 0 Å². The van der Waals surface area contributed by atoms with E-state index in [-0.39, 0.29) is 11.6 Å². The Hall–Kier alpha value is -2.77. The number of rotatable bonds is 3. The van der Waals surface area contributed by atoms with Gasteiger partial charge in [0.1, 0.15) is 10.6 Å². The molecule has 0 aromatic carbocycles. The Morgan fingerprint density at radius 1 is 1.53 bits per heavy atom. The summed E-state index contributed by atoms with van der Waals surface area (Å²) in [6.07, 6.45) is 3.48. The van der Waals surface area contributed by atoms with Crippen molar-refractivity contribution in [2.24, 2.45) is 10.8 Å². The van der Waals surface area contributed by atoms with Crippen LogP contribution in [-0.4, -0.2) is 29.6 Å². The molecule has 0 unspecified atom stereocenters. The van der Waals surface area contributed by atoms with Crippen LogP contribution in [-0.2, 0) is 0 Å². The van der Waals surface area contributed by atoms with Gasteiger partial charge in [0.25, 0.3) is 0 Å². The van der Waals surface area contributed by atoms with Crippen LogP contribution in [0.3, 0.4) is 0 Å². The normalized spacial score (nSPS) is 16.6. The lowest BCUT2D eigenvalue weighted by atomic mass is 10.2. The van der Waals surface area contributed by atoms with Crippen LogP contribution in [0.25, 0.3) is 0 Å². The Bertz CT molecular complexity index is 597. The molecule has 8 heteroatoms. The molecule has 1 aromatic rings. The summed E-state index contributed by atoms with van der Waals surface area (Å²) in [7, 11) is 3.74. The maximum atomic E-state index is 10.5. The highest BCUT2D eigenvalue weighted by Crippen LogP contribution is 2.19. The van der Waals surface area contributed by atoms with Crippen LogP contribution >= 0.6 is 0 Å². The molecule has 0 bridgehead atoms. The second-order valence-corrected chi connectivity index (χ2v) is 4.11. The summed E-state index contributed by atoms with van der Waals surface area (Å²) >= 11 is 0. The molecule has 0 aliphatic carbocycles. The predicted octanol–water partition coefficient (Wildman–Crippen LogP) is 0.741. The van der Waals surface area contributed by atoms with Crippen LogP contribution in [0.1, 0.15) is 5.76 Å². The molecule has 8 nitrogen and oxygen atoms in total. The number of nitrogens with two attached hydrogens (primary N) is 1. The predicted molar refractivity (Wildman–Crippen MR) is 69.1 cm³/mol. The van der Waals surface area contributed by atoms with Crippen LogP contribution in [0.15, 0.2) is 45.3 Å². The topological polar surface area (TPSA) is 110 Å². The van der Waals surface area contributed by atoms with Crippen molar-refractivity contribution in [2.45, 2.75) is 0 Å². The van der Waals surface area contributed by atoms with Crippen molar-refractivity contribution in [2.75, 3.05) is 14.1 Å². The highest BCUT2D eigenvalue weighted by molar-refractivity contribution is 6.11. The monoisotopic (exact) mass is 263 g/mol. The third-order valence-corrected chi connectivity index (χ3v) is 2.28. The Balaban J connectivity index is 2.26. The maximum Gasteiger partial charge on any atom is 0.433 e. The number of nitrogens with zero attached hydrogens (tertiary/aromatic N) is 3. The minimum atomic E-state index is -0.613. The van der Waals surface area contributed by atoms with Gasteiger partial charge in [0.15, 0.2) is 5.76 Å². The van der Waals surface area contributed by atoms with E-state index in [0.29, 0.717) is 17.1 Å². The molecule has 1 aliphatic rings. The van der Waals surface area contributed by atoms with Gasteiger partial charge in [0, 0.05) is 20.3 Å². The molecule has 0 spiro atoms. The molecule has 2 rings (SSSR count). The van der Waals surface area contributed by atoms with Gasteiger partial charge in [0.05, 0.1) is 17.5 Å². The molecule has 1 aromatic heterocycles. The third kappa shape index (κ3) is 2.73. The fraction of sp³-hybridized carbons (Fsp3) is 0.182. The van der Waals surface area contributed by atoms with E-state index in [2.05, 4.69) is 10.5 Å². The van der Waals surface area contributed by atoms with Crippen LogP contribution in [0.4, 0.5) is 5.88 Å². The maximum absolute atomic E-state index is 10.5. The van der Waals surface area contributed by atoms with E-state index in [1.54, 1.807) is 12.3 Å². The summed E-state index contributed by atoms with van der Waals surface area (Å²) in [5.74, 6) is -0.100. The summed E-state index contributed by atoms with van der Waals surface area (Å²) in [6.45, 7) is 0. The number of allylic oxidation sites excluding steroid dienone is 2. The van der Waals surface area contributed by atoms with Crippen molar-refractivity contribution in [3.05, 3.63) is 51.7 Å². The second kappa shape index (κ2) is 4.84. The first kappa shape index (κ1) is 12.7. The minimum absolute atomic E-state index is 0.247. The zero-order chi connectivity index (χ0) is 14.0. The van der Waals surface area contributed by atoms with Crippen molar-refractivity contribution in [1.82, 2.24) is 10.3 Å². The second-order valence-electron chi connectivity index (χ2n) is 4.11. The standard InChI is InChI=1S/C11H13N5O3/c1-15(2)6-7-5-8(12)11(14-13-7)9-3-4-10(19-9)16(17)18/h3-6,13H,12H2,1-2H3. The first-order valence-corrected chi connectivity index (χ1v) is 5.41. The fourth-order valence-corrected chi connectivity index (χ4v) is 1.55. The van der Waals surface area contributed by atoms with E-state index in [4.69, 9.17) is 10.2 Å². The summed E-state index contributed by atoms with van der Waals surface area (Å²) < 4.78 is 5.05. The van der Waals surface area contributed by atoms with E-state index in [0.717, 1.165) is 0 Å². The van der Waals surface area contributed by atoms with E-state index < -0.39 is 4.92 Å². The number of hydrogen-bond acceptors (Lipinski definition) is 7. The number of hydrogen-bond donors (Lipinski definition) is 2. The van der Waals surface area contributed by atoms with Gasteiger partial charge in [-0.2, -0.15) is 5.10 Å². The van der Waals surface area contributed by atoms with Gasteiger partial charge in [-0.1, -0.05) is 0 Å². The molecule has 0 fully saturated rings. The molecule has 0 radical (unpaired) electrons. The van der Waals surface area contributed by atoms with Crippen molar-refractivity contribution >= 4 is 11.6 Å². The molecular weight excluding hydrogens is 250 g/mol. The average Bonchev–Trinajstić information content (AvgIpc) is 2.77. The Morgan fingerprint density at radius 3 is 2.79 bits per heavy atom. The van der Waals surface area contributed by atoms with E-state index in [1.807, 2.05) is 19.0 Å². The summed E-state index contributed by atoms with van der Waals surface area (Å²) in [4.78, 5) is 11.8. The van der Waals surface area contributed by atoms with Gasteiger partial charge in [-0.05, 0) is 12.1 Å². The molecular formula is C11H13N5O3. The largest absolute Gasteiger partial charge is 0.433 e. The van der Waals surface area contributed by atoms with E-state index >= 15 is 0 Å². The van der Waals surface area contributed by atoms with Crippen molar-refractivity contribution < 1.29 is 9.34 Å². The highest BCUT2D eigenvalue weighted by Gasteiger charge is 2.20. The molecule has 0 amide bonds. The van der Waals surface area contributed by atoms with Crippen LogP contribution in [0, 0.1) is 10.1 Å². The minimum Gasteiger partial charge on any atom is -0.399 e. The molecule has 100 valence electrons. The van der Waals surface area contributed by atoms with Crippen molar-refractivity contribution in [3.63, 3.8) is 0 Å². The molecule has 1 aliphatic heterocycles. The molecule has 0 saturated carbocycles. The zero-order valence-electron chi connectivity index (χ0n) is 10.5. The van der Waals surface area contributed by atoms with E-state index in [1.165, 1.54) is 12.1 Å². The molecule has 3 N–H and O–H groups in total. The van der Waals surface area contributed by atoms with E-state index in [9.17, 15) is 10.1 Å². The molecule has 0 atom stereocenters. The van der Waals surface area contributed by atoms with Gasteiger partial charge in [-0.25, -0.2) is 0 Å². The lowest BCUT2D eigenvalue weighted by Crippen LogP contribution is -2.23. The Kier molecular flexibility index (Phi) is 3.23. The molecule has 2 heterocycles. The van der Waals surface area contributed by atoms with Gasteiger partial charge >= 0.3 is 5.88 Å². The lowest BCUT2D eigenvalue weighted by Gasteiger charge is -2.15. The van der Waals surface area contributed by atoms with Crippen LogP contribution in [0.5, 0.6) is 0 Å². The first-order valence-electron chi connectivity index (χ1n) is 5.41. The molecule has 19 heavy (non-hydrogen) atoms. The zero-order valence-corrected chi connectivity index (χ0v) is 10.5. The first-order chi connectivity index (χ1) is 8.97. The smallest absolute Gasteiger partial charge is 0.399 e. The Morgan fingerprint density at radius 2 is 2.26 bits per heavy atom. The number of furan rings is 1.